The Hall–Kier alpha value is -0.960. The van der Waals surface area contributed by atoms with Crippen molar-refractivity contribution in [2.24, 2.45) is 5.73 Å². The van der Waals surface area contributed by atoms with Crippen LogP contribution in [0.4, 0.5) is 0 Å². The van der Waals surface area contributed by atoms with Gasteiger partial charge in [-0.05, 0) is 18.9 Å². The Bertz CT molecular complexity index is 544. The van der Waals surface area contributed by atoms with E-state index in [1.165, 1.54) is 15.8 Å². The number of nitrogens with two attached hydrogens (primary N) is 1. The van der Waals surface area contributed by atoms with E-state index in [-0.39, 0.29) is 15.8 Å². The van der Waals surface area contributed by atoms with Crippen LogP contribution in [0, 0.1) is 0 Å². The molecule has 0 saturated carbocycles. The molecule has 1 aromatic heterocycles. The number of piperidine rings is 1. The van der Waals surface area contributed by atoms with Crippen LogP contribution in [0.1, 0.15) is 22.5 Å². The summed E-state index contributed by atoms with van der Waals surface area (Å²) in [7, 11) is -3.57. The van der Waals surface area contributed by atoms with Gasteiger partial charge >= 0.3 is 5.97 Å². The molecule has 18 heavy (non-hydrogen) atoms. The number of carboxylic acids is 1. The van der Waals surface area contributed by atoms with Crippen LogP contribution in [0.15, 0.2) is 16.3 Å². The Morgan fingerprint density at radius 3 is 2.56 bits per heavy atom. The fraction of sp³-hybridized carbons (Fsp3) is 0.500. The minimum Gasteiger partial charge on any atom is -0.477 e. The number of carboxylic acid groups (broad SMARTS) is 1. The number of aromatic carboxylic acids is 1. The first-order chi connectivity index (χ1) is 8.41. The molecule has 1 aliphatic rings. The molecule has 3 N–H and O–H groups in total. The molecule has 0 radical (unpaired) electrons. The van der Waals surface area contributed by atoms with Crippen molar-refractivity contribution in [2.75, 3.05) is 13.1 Å². The van der Waals surface area contributed by atoms with Crippen LogP contribution in [-0.2, 0) is 10.0 Å². The maximum Gasteiger partial charge on any atom is 0.345 e. The lowest BCUT2D eigenvalue weighted by molar-refractivity contribution is 0.0702. The Morgan fingerprint density at radius 2 is 2.06 bits per heavy atom. The number of hydrogen-bond donors (Lipinski definition) is 2. The van der Waals surface area contributed by atoms with E-state index in [1.54, 1.807) is 0 Å². The Kier molecular flexibility index (Phi) is 3.71. The average molecular weight is 290 g/mol. The van der Waals surface area contributed by atoms with Crippen LogP contribution in [-0.4, -0.2) is 42.9 Å². The average Bonchev–Trinajstić information content (AvgIpc) is 2.79. The highest BCUT2D eigenvalue weighted by Crippen LogP contribution is 2.24. The van der Waals surface area contributed by atoms with Gasteiger partial charge in [0, 0.05) is 24.5 Å². The predicted octanol–water partition coefficient (Wildman–Crippen LogP) is 0.558. The molecule has 0 spiro atoms. The summed E-state index contributed by atoms with van der Waals surface area (Å²) in [5.74, 6) is -1.11. The largest absolute Gasteiger partial charge is 0.477 e. The van der Waals surface area contributed by atoms with E-state index in [1.807, 2.05) is 0 Å². The third-order valence-corrected chi connectivity index (χ3v) is 5.87. The van der Waals surface area contributed by atoms with Gasteiger partial charge in [0.15, 0.2) is 0 Å². The second-order valence-electron chi connectivity index (χ2n) is 4.19. The van der Waals surface area contributed by atoms with Crippen LogP contribution in [0.5, 0.6) is 0 Å². The van der Waals surface area contributed by atoms with Crippen LogP contribution >= 0.6 is 11.3 Å². The second-order valence-corrected chi connectivity index (χ2v) is 7.04. The van der Waals surface area contributed by atoms with Crippen LogP contribution in [0.3, 0.4) is 0 Å². The van der Waals surface area contributed by atoms with Crippen molar-refractivity contribution >= 4 is 27.3 Å². The normalized spacial score (nSPS) is 18.9. The Balaban J connectivity index is 2.22. The molecule has 2 heterocycles. The molecule has 1 aromatic rings. The minimum absolute atomic E-state index is 0.0299. The highest BCUT2D eigenvalue weighted by atomic mass is 32.2. The number of hydrogen-bond acceptors (Lipinski definition) is 5. The number of thiophene rings is 1. The van der Waals surface area contributed by atoms with Gasteiger partial charge in [0.1, 0.15) is 4.88 Å². The molecular formula is C10H14N2O4S2. The summed E-state index contributed by atoms with van der Waals surface area (Å²) in [5, 5.41) is 10.2. The monoisotopic (exact) mass is 290 g/mol. The summed E-state index contributed by atoms with van der Waals surface area (Å²) in [6.07, 6.45) is 1.27. The molecule has 1 saturated heterocycles. The SMILES string of the molecule is NC1CCN(S(=O)(=O)c2csc(C(=O)O)c2)CC1. The Labute approximate surface area is 109 Å². The zero-order valence-electron chi connectivity index (χ0n) is 9.57. The third-order valence-electron chi connectivity index (χ3n) is 2.92. The van der Waals surface area contributed by atoms with Gasteiger partial charge in [0.25, 0.3) is 0 Å². The molecule has 100 valence electrons. The van der Waals surface area contributed by atoms with Gasteiger partial charge in [-0.2, -0.15) is 4.31 Å². The summed E-state index contributed by atoms with van der Waals surface area (Å²) < 4.78 is 25.8. The fourth-order valence-corrected chi connectivity index (χ4v) is 4.40. The molecule has 6 nitrogen and oxygen atoms in total. The van der Waals surface area contributed by atoms with Crippen LogP contribution < -0.4 is 5.73 Å². The lowest BCUT2D eigenvalue weighted by atomic mass is 10.1. The van der Waals surface area contributed by atoms with Crippen molar-refractivity contribution < 1.29 is 18.3 Å². The van der Waals surface area contributed by atoms with E-state index in [4.69, 9.17) is 10.8 Å². The Morgan fingerprint density at radius 1 is 1.44 bits per heavy atom. The van der Waals surface area contributed by atoms with E-state index in [9.17, 15) is 13.2 Å². The van der Waals surface area contributed by atoms with E-state index in [0.29, 0.717) is 25.9 Å². The minimum atomic E-state index is -3.57. The lowest BCUT2D eigenvalue weighted by Gasteiger charge is -2.28. The fourth-order valence-electron chi connectivity index (χ4n) is 1.83. The maximum absolute atomic E-state index is 12.2. The van der Waals surface area contributed by atoms with Crippen molar-refractivity contribution in [1.29, 1.82) is 0 Å². The third kappa shape index (κ3) is 2.56. The number of nitrogens with zero attached hydrogens (tertiary/aromatic N) is 1. The van der Waals surface area contributed by atoms with Crippen molar-refractivity contribution in [2.45, 2.75) is 23.8 Å². The van der Waals surface area contributed by atoms with E-state index >= 15 is 0 Å². The predicted molar refractivity (Wildman–Crippen MR) is 67.2 cm³/mol. The molecule has 1 fully saturated rings. The van der Waals surface area contributed by atoms with Crippen molar-refractivity contribution in [3.8, 4) is 0 Å². The van der Waals surface area contributed by atoms with E-state index < -0.39 is 16.0 Å². The lowest BCUT2D eigenvalue weighted by Crippen LogP contribution is -2.42. The molecule has 0 amide bonds. The number of carbonyl (C=O) groups is 1. The van der Waals surface area contributed by atoms with E-state index in [2.05, 4.69) is 0 Å². The second kappa shape index (κ2) is 4.96. The molecule has 0 unspecified atom stereocenters. The molecular weight excluding hydrogens is 276 g/mol. The summed E-state index contributed by atoms with van der Waals surface area (Å²) in [5.41, 5.74) is 5.73. The summed E-state index contributed by atoms with van der Waals surface area (Å²) in [6.45, 7) is 0.781. The molecule has 8 heteroatoms. The molecule has 0 aromatic carbocycles. The first kappa shape index (κ1) is 13.5. The molecule has 2 rings (SSSR count). The zero-order valence-corrected chi connectivity index (χ0v) is 11.2. The van der Waals surface area contributed by atoms with Gasteiger partial charge in [-0.3, -0.25) is 0 Å². The summed E-state index contributed by atoms with van der Waals surface area (Å²) >= 11 is 0.919. The highest BCUT2D eigenvalue weighted by Gasteiger charge is 2.29. The maximum atomic E-state index is 12.2. The summed E-state index contributed by atoms with van der Waals surface area (Å²) in [6, 6.07) is 1.25. The molecule has 0 bridgehead atoms. The standard InChI is InChI=1S/C10H14N2O4S2/c11-7-1-3-12(4-2-7)18(15,16)8-5-9(10(13)14)17-6-8/h5-7H,1-4,11H2,(H,13,14). The first-order valence-corrected chi connectivity index (χ1v) is 7.81. The van der Waals surface area contributed by atoms with Gasteiger partial charge in [-0.25, -0.2) is 13.2 Å². The summed E-state index contributed by atoms with van der Waals surface area (Å²) in [4.78, 5) is 10.8. The van der Waals surface area contributed by atoms with Crippen LogP contribution in [0.2, 0.25) is 0 Å². The van der Waals surface area contributed by atoms with Crippen molar-refractivity contribution in [3.63, 3.8) is 0 Å². The molecule has 0 aliphatic carbocycles. The first-order valence-electron chi connectivity index (χ1n) is 5.49. The van der Waals surface area contributed by atoms with Gasteiger partial charge in [-0.15, -0.1) is 11.3 Å². The zero-order chi connectivity index (χ0) is 13.3. The number of sulfonamides is 1. The topological polar surface area (TPSA) is 101 Å². The molecule has 1 aliphatic heterocycles. The van der Waals surface area contributed by atoms with Crippen molar-refractivity contribution in [3.05, 3.63) is 16.3 Å². The van der Waals surface area contributed by atoms with Crippen LogP contribution in [0.25, 0.3) is 0 Å². The van der Waals surface area contributed by atoms with Gasteiger partial charge < -0.3 is 10.8 Å². The van der Waals surface area contributed by atoms with Gasteiger partial charge in [0.2, 0.25) is 10.0 Å². The smallest absolute Gasteiger partial charge is 0.345 e. The van der Waals surface area contributed by atoms with Gasteiger partial charge in [0.05, 0.1) is 4.90 Å². The highest BCUT2D eigenvalue weighted by molar-refractivity contribution is 7.89. The van der Waals surface area contributed by atoms with Crippen molar-refractivity contribution in [1.82, 2.24) is 4.31 Å². The quantitative estimate of drug-likeness (QED) is 0.847. The molecule has 0 atom stereocenters. The van der Waals surface area contributed by atoms with E-state index in [0.717, 1.165) is 11.3 Å². The van der Waals surface area contributed by atoms with Gasteiger partial charge in [-0.1, -0.05) is 0 Å². The number of rotatable bonds is 3.